The predicted octanol–water partition coefficient (Wildman–Crippen LogP) is 2.61. The SMILES string of the molecule is Cc1cn([C@@H]2C[C@H](OCCCCCCOc3ccc4ccc(=O)oc4c3)[C@H](COP(=O)(O)OP(=O)(O)OP(=O)(O)O)O2)c(=O)[nH]c1=O. The molecule has 1 aromatic carbocycles. The van der Waals surface area contributed by atoms with Crippen LogP contribution in [-0.4, -0.2) is 61.2 Å². The first-order valence-electron chi connectivity index (χ1n) is 14.0. The second-order valence-corrected chi connectivity index (χ2v) is 14.8. The molecule has 260 valence electrons. The van der Waals surface area contributed by atoms with E-state index in [1.165, 1.54) is 19.2 Å². The number of aromatic amines is 1. The molecule has 5 atom stereocenters. The van der Waals surface area contributed by atoms with Crippen LogP contribution in [0.25, 0.3) is 11.0 Å². The number of phosphoric acid groups is 3. The van der Waals surface area contributed by atoms with Gasteiger partial charge in [0.05, 0.1) is 19.3 Å². The van der Waals surface area contributed by atoms with Gasteiger partial charge in [0.2, 0.25) is 0 Å². The molecule has 0 saturated carbocycles. The minimum atomic E-state index is -5.73. The first-order valence-corrected chi connectivity index (χ1v) is 18.6. The van der Waals surface area contributed by atoms with Crippen LogP contribution in [0.15, 0.2) is 55.3 Å². The van der Waals surface area contributed by atoms with Crippen molar-refractivity contribution >= 4 is 34.4 Å². The number of hydrogen-bond acceptors (Lipinski definition) is 13. The highest BCUT2D eigenvalue weighted by molar-refractivity contribution is 7.66. The van der Waals surface area contributed by atoms with Crippen molar-refractivity contribution in [1.82, 2.24) is 9.55 Å². The standard InChI is InChI=1S/C25H33N2O17P3/c1-16-14-27(25(30)26-24(16)29)22-13-20(21(41-22)15-40-46(34,35)44-47(36,37)43-45(31,32)33)39-11-5-3-2-4-10-38-18-8-6-17-7-9-23(28)42-19(17)12-18/h6-9,12,14,20-22H,2-5,10-11,13,15H2,1H3,(H,34,35)(H,36,37)(H,26,29,30)(H2,31,32,33)/t20-,21-,22-/m0/s1. The van der Waals surface area contributed by atoms with Crippen LogP contribution in [-0.2, 0) is 36.3 Å². The van der Waals surface area contributed by atoms with E-state index in [0.717, 1.165) is 22.8 Å². The van der Waals surface area contributed by atoms with Gasteiger partial charge in [-0.15, -0.1) is 0 Å². The maximum absolute atomic E-state index is 12.4. The molecule has 0 amide bonds. The molecule has 3 heterocycles. The summed E-state index contributed by atoms with van der Waals surface area (Å²) in [5, 5.41) is 0.771. The number of fused-ring (bicyclic) bond motifs is 1. The summed E-state index contributed by atoms with van der Waals surface area (Å²) in [4.78, 5) is 74.4. The maximum Gasteiger partial charge on any atom is 0.490 e. The molecular weight excluding hydrogens is 693 g/mol. The van der Waals surface area contributed by atoms with E-state index in [1.807, 2.05) is 0 Å². The van der Waals surface area contributed by atoms with E-state index in [9.17, 15) is 37.9 Å². The van der Waals surface area contributed by atoms with Crippen LogP contribution in [0.5, 0.6) is 5.75 Å². The number of rotatable bonds is 17. The largest absolute Gasteiger partial charge is 0.493 e. The van der Waals surface area contributed by atoms with Crippen molar-refractivity contribution < 1.29 is 65.0 Å². The van der Waals surface area contributed by atoms with E-state index < -0.39 is 65.4 Å². The molecule has 22 heteroatoms. The monoisotopic (exact) mass is 726 g/mol. The topological polar surface area (TPSA) is 273 Å². The van der Waals surface area contributed by atoms with Crippen molar-refractivity contribution in [2.45, 2.75) is 57.5 Å². The average Bonchev–Trinajstić information content (AvgIpc) is 3.35. The van der Waals surface area contributed by atoms with Gasteiger partial charge in [0.1, 0.15) is 23.7 Å². The number of benzene rings is 1. The maximum atomic E-state index is 12.4. The lowest BCUT2D eigenvalue weighted by molar-refractivity contribution is -0.0615. The van der Waals surface area contributed by atoms with Crippen LogP contribution in [0.2, 0.25) is 0 Å². The van der Waals surface area contributed by atoms with Gasteiger partial charge in [-0.1, -0.05) is 6.42 Å². The number of phosphoric ester groups is 1. The summed E-state index contributed by atoms with van der Waals surface area (Å²) in [6, 6.07) is 8.20. The third-order valence-corrected chi connectivity index (χ3v) is 10.5. The number of unbranched alkanes of at least 4 members (excludes halogenated alkanes) is 3. The van der Waals surface area contributed by atoms with Gasteiger partial charge in [-0.25, -0.2) is 23.3 Å². The second-order valence-electron chi connectivity index (χ2n) is 10.4. The van der Waals surface area contributed by atoms with Crippen LogP contribution in [0.3, 0.4) is 0 Å². The fourth-order valence-electron chi connectivity index (χ4n) is 4.58. The molecule has 2 unspecified atom stereocenters. The third kappa shape index (κ3) is 11.4. The van der Waals surface area contributed by atoms with Crippen LogP contribution < -0.4 is 21.6 Å². The number of ether oxygens (including phenoxy) is 3. The van der Waals surface area contributed by atoms with Gasteiger partial charge in [-0.2, -0.15) is 8.62 Å². The van der Waals surface area contributed by atoms with Gasteiger partial charge >= 0.3 is 34.8 Å². The normalized spacial score (nSPS) is 21.0. The Balaban J connectivity index is 1.28. The Morgan fingerprint density at radius 2 is 1.64 bits per heavy atom. The van der Waals surface area contributed by atoms with Crippen molar-refractivity contribution in [1.29, 1.82) is 0 Å². The molecule has 47 heavy (non-hydrogen) atoms. The van der Waals surface area contributed by atoms with E-state index in [4.69, 9.17) is 32.9 Å². The van der Waals surface area contributed by atoms with Gasteiger partial charge in [-0.05, 0) is 44.4 Å². The highest BCUT2D eigenvalue weighted by Crippen LogP contribution is 2.66. The van der Waals surface area contributed by atoms with Crippen molar-refractivity contribution in [3.8, 4) is 5.75 Å². The minimum absolute atomic E-state index is 0.0372. The molecule has 5 N–H and O–H groups in total. The molecule has 0 aliphatic carbocycles. The van der Waals surface area contributed by atoms with E-state index in [2.05, 4.69) is 13.6 Å². The minimum Gasteiger partial charge on any atom is -0.493 e. The highest BCUT2D eigenvalue weighted by Gasteiger charge is 2.43. The second kappa shape index (κ2) is 15.6. The van der Waals surface area contributed by atoms with Gasteiger partial charge in [0.25, 0.3) is 5.56 Å². The summed E-state index contributed by atoms with van der Waals surface area (Å²) >= 11 is 0. The lowest BCUT2D eigenvalue weighted by atomic mass is 10.1. The van der Waals surface area contributed by atoms with Crippen LogP contribution in [0, 0.1) is 6.92 Å². The van der Waals surface area contributed by atoms with Crippen LogP contribution in [0.1, 0.15) is 43.9 Å². The number of nitrogens with zero attached hydrogens (tertiary/aromatic N) is 1. The third-order valence-electron chi connectivity index (χ3n) is 6.69. The molecule has 0 bridgehead atoms. The summed E-state index contributed by atoms with van der Waals surface area (Å²) in [6.45, 7) is 1.31. The molecule has 1 fully saturated rings. The first kappa shape index (κ1) is 37.1. The Kier molecular flexibility index (Phi) is 12.3. The van der Waals surface area contributed by atoms with Crippen molar-refractivity contribution in [3.05, 3.63) is 73.4 Å². The Morgan fingerprint density at radius 3 is 2.36 bits per heavy atom. The lowest BCUT2D eigenvalue weighted by Gasteiger charge is -2.21. The van der Waals surface area contributed by atoms with Crippen LogP contribution in [0.4, 0.5) is 0 Å². The zero-order chi connectivity index (χ0) is 34.4. The summed E-state index contributed by atoms with van der Waals surface area (Å²) in [7, 11) is -16.7. The fraction of sp³-hybridized carbons (Fsp3) is 0.480. The quantitative estimate of drug-likeness (QED) is 0.0759. The molecule has 19 nitrogen and oxygen atoms in total. The van der Waals surface area contributed by atoms with Gasteiger partial charge in [0, 0.05) is 42.3 Å². The first-order chi connectivity index (χ1) is 22.0. The van der Waals surface area contributed by atoms with E-state index in [-0.39, 0.29) is 18.6 Å². The molecule has 2 aromatic heterocycles. The Morgan fingerprint density at radius 1 is 0.936 bits per heavy atom. The van der Waals surface area contributed by atoms with E-state index in [1.54, 1.807) is 24.3 Å². The molecule has 4 rings (SSSR count). The fourth-order valence-corrected chi connectivity index (χ4v) is 7.61. The Labute approximate surface area is 265 Å². The smallest absolute Gasteiger partial charge is 0.490 e. The number of H-pyrrole nitrogens is 1. The van der Waals surface area contributed by atoms with Crippen LogP contribution >= 0.6 is 23.5 Å². The summed E-state index contributed by atoms with van der Waals surface area (Å²) in [5.41, 5.74) is -1.21. The zero-order valence-corrected chi connectivity index (χ0v) is 27.4. The van der Waals surface area contributed by atoms with Gasteiger partial charge in [0.15, 0.2) is 0 Å². The number of aryl methyl sites for hydroxylation is 1. The van der Waals surface area contributed by atoms with Crippen molar-refractivity contribution in [2.24, 2.45) is 0 Å². The van der Waals surface area contributed by atoms with E-state index in [0.29, 0.717) is 30.8 Å². The molecular formula is C25H33N2O17P3. The summed E-state index contributed by atoms with van der Waals surface area (Å²) in [5.74, 6) is 0.560. The highest BCUT2D eigenvalue weighted by atomic mass is 31.3. The molecule has 1 aliphatic heterocycles. The van der Waals surface area contributed by atoms with Crippen molar-refractivity contribution in [3.63, 3.8) is 0 Å². The molecule has 1 aliphatic rings. The van der Waals surface area contributed by atoms with Gasteiger partial charge in [-0.3, -0.25) is 18.9 Å². The van der Waals surface area contributed by atoms with Crippen molar-refractivity contribution in [2.75, 3.05) is 19.8 Å². The number of nitrogens with one attached hydrogen (secondary N) is 1. The molecule has 1 saturated heterocycles. The Bertz CT molecular complexity index is 1870. The number of hydrogen-bond donors (Lipinski definition) is 5. The number of aromatic nitrogens is 2. The van der Waals surface area contributed by atoms with Gasteiger partial charge < -0.3 is 38.2 Å². The molecule has 3 aromatic rings. The Hall–Kier alpha value is -2.76. The summed E-state index contributed by atoms with van der Waals surface area (Å²) < 4.78 is 70.6. The zero-order valence-electron chi connectivity index (χ0n) is 24.7. The predicted molar refractivity (Wildman–Crippen MR) is 161 cm³/mol. The van der Waals surface area contributed by atoms with E-state index >= 15 is 0 Å². The molecule has 0 radical (unpaired) electrons. The summed E-state index contributed by atoms with van der Waals surface area (Å²) in [6.07, 6.45) is 1.14. The molecule has 0 spiro atoms. The average molecular weight is 726 g/mol. The lowest BCUT2D eigenvalue weighted by Crippen LogP contribution is -2.33.